The van der Waals surface area contributed by atoms with Gasteiger partial charge >= 0.3 is 5.97 Å². The predicted octanol–water partition coefficient (Wildman–Crippen LogP) is 3.68. The fourth-order valence-corrected chi connectivity index (χ4v) is 2.73. The zero-order valence-corrected chi connectivity index (χ0v) is 13.1. The molecule has 6 heteroatoms. The molecule has 0 heterocycles. The van der Waals surface area contributed by atoms with Crippen LogP contribution in [-0.4, -0.2) is 28.9 Å². The summed E-state index contributed by atoms with van der Waals surface area (Å²) in [6.45, 7) is 4.31. The van der Waals surface area contributed by atoms with Crippen molar-refractivity contribution in [3.05, 3.63) is 29.8 Å². The number of carbonyl (C=O) groups is 1. The zero-order valence-electron chi connectivity index (χ0n) is 12.3. The first-order valence-corrected chi connectivity index (χ1v) is 7.94. The molecular formula is C15H21F2NO2S. The van der Waals surface area contributed by atoms with Crippen LogP contribution in [-0.2, 0) is 4.79 Å². The Bertz CT molecular complexity index is 485. The van der Waals surface area contributed by atoms with Gasteiger partial charge in [-0.2, -0.15) is 0 Å². The van der Waals surface area contributed by atoms with Crippen LogP contribution < -0.4 is 5.32 Å². The Labute approximate surface area is 128 Å². The summed E-state index contributed by atoms with van der Waals surface area (Å²) in [6, 6.07) is 3.78. The van der Waals surface area contributed by atoms with Gasteiger partial charge in [-0.25, -0.2) is 8.78 Å². The predicted molar refractivity (Wildman–Crippen MR) is 80.7 cm³/mol. The van der Waals surface area contributed by atoms with E-state index in [0.717, 1.165) is 18.6 Å². The van der Waals surface area contributed by atoms with Crippen molar-refractivity contribution in [2.24, 2.45) is 0 Å². The van der Waals surface area contributed by atoms with E-state index in [4.69, 9.17) is 0 Å². The quantitative estimate of drug-likeness (QED) is 0.539. The highest BCUT2D eigenvalue weighted by molar-refractivity contribution is 7.99. The number of benzene rings is 1. The lowest BCUT2D eigenvalue weighted by molar-refractivity contribution is -0.144. The molecule has 0 aliphatic carbocycles. The molecule has 0 fully saturated rings. The molecule has 1 aromatic carbocycles. The molecule has 0 radical (unpaired) electrons. The van der Waals surface area contributed by atoms with Gasteiger partial charge < -0.3 is 10.4 Å². The maximum Gasteiger partial charge on any atom is 0.323 e. The van der Waals surface area contributed by atoms with E-state index in [1.165, 1.54) is 17.8 Å². The third-order valence-electron chi connectivity index (χ3n) is 3.22. The molecule has 0 saturated carbocycles. The average Bonchev–Trinajstić information content (AvgIpc) is 2.45. The molecule has 0 spiro atoms. The van der Waals surface area contributed by atoms with Crippen molar-refractivity contribution in [1.29, 1.82) is 0 Å². The summed E-state index contributed by atoms with van der Waals surface area (Å²) in [5.41, 5.74) is -0.940. The van der Waals surface area contributed by atoms with Crippen molar-refractivity contribution in [3.8, 4) is 0 Å². The minimum absolute atomic E-state index is 0.485. The first kappa shape index (κ1) is 17.9. The Morgan fingerprint density at radius 1 is 1.38 bits per heavy atom. The number of hydrogen-bond acceptors (Lipinski definition) is 3. The van der Waals surface area contributed by atoms with Crippen LogP contribution in [0.2, 0.25) is 0 Å². The maximum atomic E-state index is 13.0. The summed E-state index contributed by atoms with van der Waals surface area (Å²) in [4.78, 5) is 12.0. The summed E-state index contributed by atoms with van der Waals surface area (Å²) in [5, 5.41) is 12.3. The van der Waals surface area contributed by atoms with Gasteiger partial charge in [0.15, 0.2) is 11.6 Å². The summed E-state index contributed by atoms with van der Waals surface area (Å²) in [7, 11) is 0. The fraction of sp³-hybridized carbons (Fsp3) is 0.533. The van der Waals surface area contributed by atoms with E-state index in [1.807, 2.05) is 6.92 Å². The van der Waals surface area contributed by atoms with Crippen LogP contribution in [0.4, 0.5) is 8.78 Å². The maximum absolute atomic E-state index is 13.0. The number of carboxylic acids is 1. The summed E-state index contributed by atoms with van der Waals surface area (Å²) >= 11 is 1.39. The summed E-state index contributed by atoms with van der Waals surface area (Å²) < 4.78 is 25.8. The molecule has 0 bridgehead atoms. The minimum Gasteiger partial charge on any atom is -0.480 e. The van der Waals surface area contributed by atoms with Crippen LogP contribution in [0.5, 0.6) is 0 Å². The van der Waals surface area contributed by atoms with Gasteiger partial charge in [0.1, 0.15) is 5.54 Å². The molecule has 1 rings (SSSR count). The average molecular weight is 317 g/mol. The second kappa shape index (κ2) is 8.34. The highest BCUT2D eigenvalue weighted by Crippen LogP contribution is 2.23. The third kappa shape index (κ3) is 5.63. The van der Waals surface area contributed by atoms with Crippen LogP contribution in [0.15, 0.2) is 23.1 Å². The minimum atomic E-state index is -0.940. The SMILES string of the molecule is CCCNC(C)(CCCSc1ccc(F)c(F)c1)C(=O)O. The molecule has 0 aliphatic heterocycles. The van der Waals surface area contributed by atoms with E-state index in [-0.39, 0.29) is 0 Å². The Morgan fingerprint density at radius 3 is 2.67 bits per heavy atom. The number of halogens is 2. The van der Waals surface area contributed by atoms with E-state index in [1.54, 1.807) is 6.92 Å². The number of thioether (sulfide) groups is 1. The number of aliphatic carboxylic acids is 1. The van der Waals surface area contributed by atoms with Crippen molar-refractivity contribution in [3.63, 3.8) is 0 Å². The monoisotopic (exact) mass is 317 g/mol. The molecule has 1 unspecified atom stereocenters. The van der Waals surface area contributed by atoms with Gasteiger partial charge in [0.05, 0.1) is 0 Å². The van der Waals surface area contributed by atoms with Gasteiger partial charge in [0.2, 0.25) is 0 Å². The van der Waals surface area contributed by atoms with Crippen LogP contribution in [0, 0.1) is 11.6 Å². The van der Waals surface area contributed by atoms with E-state index >= 15 is 0 Å². The standard InChI is InChI=1S/C15H21F2NO2S/c1-3-8-18-15(2,14(19)20)7-4-9-21-11-5-6-12(16)13(17)10-11/h5-6,10,18H,3-4,7-9H2,1-2H3,(H,19,20). The van der Waals surface area contributed by atoms with Crippen molar-refractivity contribution in [1.82, 2.24) is 5.32 Å². The molecule has 1 atom stereocenters. The molecule has 0 aromatic heterocycles. The third-order valence-corrected chi connectivity index (χ3v) is 4.30. The lowest BCUT2D eigenvalue weighted by Gasteiger charge is -2.26. The molecule has 1 aromatic rings. The van der Waals surface area contributed by atoms with E-state index in [9.17, 15) is 18.7 Å². The van der Waals surface area contributed by atoms with Crippen molar-refractivity contribution < 1.29 is 18.7 Å². The van der Waals surface area contributed by atoms with Crippen molar-refractivity contribution in [2.75, 3.05) is 12.3 Å². The van der Waals surface area contributed by atoms with Crippen LogP contribution >= 0.6 is 11.8 Å². The van der Waals surface area contributed by atoms with Crippen molar-refractivity contribution >= 4 is 17.7 Å². The highest BCUT2D eigenvalue weighted by atomic mass is 32.2. The Morgan fingerprint density at radius 2 is 2.10 bits per heavy atom. The molecule has 118 valence electrons. The molecule has 3 nitrogen and oxygen atoms in total. The van der Waals surface area contributed by atoms with E-state index < -0.39 is 23.1 Å². The van der Waals surface area contributed by atoms with Crippen LogP contribution in [0.3, 0.4) is 0 Å². The molecular weight excluding hydrogens is 296 g/mol. The Hall–Kier alpha value is -1.14. The molecule has 0 saturated heterocycles. The largest absolute Gasteiger partial charge is 0.480 e. The topological polar surface area (TPSA) is 49.3 Å². The van der Waals surface area contributed by atoms with E-state index in [2.05, 4.69) is 5.32 Å². The van der Waals surface area contributed by atoms with Crippen LogP contribution in [0.1, 0.15) is 33.1 Å². The second-order valence-electron chi connectivity index (χ2n) is 5.09. The molecule has 2 N–H and O–H groups in total. The normalized spacial score (nSPS) is 13.9. The number of rotatable bonds is 9. The Balaban J connectivity index is 2.43. The van der Waals surface area contributed by atoms with Crippen LogP contribution in [0.25, 0.3) is 0 Å². The highest BCUT2D eigenvalue weighted by Gasteiger charge is 2.31. The number of carboxylic acid groups (broad SMARTS) is 1. The number of nitrogens with one attached hydrogen (secondary N) is 1. The lowest BCUT2D eigenvalue weighted by atomic mass is 9.96. The van der Waals surface area contributed by atoms with Gasteiger partial charge in [-0.05, 0) is 56.7 Å². The second-order valence-corrected chi connectivity index (χ2v) is 6.26. The zero-order chi connectivity index (χ0) is 15.9. The van der Waals surface area contributed by atoms with Gasteiger partial charge in [0.25, 0.3) is 0 Å². The van der Waals surface area contributed by atoms with Gasteiger partial charge in [0, 0.05) is 4.90 Å². The lowest BCUT2D eigenvalue weighted by Crippen LogP contribution is -2.49. The van der Waals surface area contributed by atoms with Gasteiger partial charge in [-0.15, -0.1) is 11.8 Å². The first-order valence-electron chi connectivity index (χ1n) is 6.95. The first-order chi connectivity index (χ1) is 9.89. The van der Waals surface area contributed by atoms with Gasteiger partial charge in [-0.1, -0.05) is 6.92 Å². The molecule has 21 heavy (non-hydrogen) atoms. The summed E-state index contributed by atoms with van der Waals surface area (Å²) in [5.74, 6) is -1.93. The fourth-order valence-electron chi connectivity index (χ4n) is 1.85. The molecule has 0 aliphatic rings. The van der Waals surface area contributed by atoms with E-state index in [0.29, 0.717) is 30.0 Å². The summed E-state index contributed by atoms with van der Waals surface area (Å²) in [6.07, 6.45) is 2.02. The van der Waals surface area contributed by atoms with Crippen molar-refractivity contribution in [2.45, 2.75) is 43.5 Å². The Kier molecular flexibility index (Phi) is 7.11. The molecule has 0 amide bonds. The van der Waals surface area contributed by atoms with Gasteiger partial charge in [-0.3, -0.25) is 4.79 Å². The smallest absolute Gasteiger partial charge is 0.323 e. The number of hydrogen-bond donors (Lipinski definition) is 2.